The molecule has 0 unspecified atom stereocenters. The first-order valence-electron chi connectivity index (χ1n) is 5.81. The van der Waals surface area contributed by atoms with Crippen molar-refractivity contribution in [2.75, 3.05) is 12.4 Å². The summed E-state index contributed by atoms with van der Waals surface area (Å²) in [6.45, 7) is 6.08. The van der Waals surface area contributed by atoms with Crippen LogP contribution in [-0.4, -0.2) is 12.0 Å². The summed E-state index contributed by atoms with van der Waals surface area (Å²) in [5.74, 6) is -1.73. The Labute approximate surface area is 105 Å². The van der Waals surface area contributed by atoms with E-state index in [1.165, 1.54) is 6.07 Å². The van der Waals surface area contributed by atoms with Gasteiger partial charge in [0.1, 0.15) is 0 Å². The third-order valence-corrected chi connectivity index (χ3v) is 2.89. The summed E-state index contributed by atoms with van der Waals surface area (Å²) < 4.78 is 26.5. The molecule has 0 saturated carbocycles. The number of benzene rings is 1. The molecule has 0 amide bonds. The molecule has 0 fully saturated rings. The molecular formula is C14H16F2N2. The lowest BCUT2D eigenvalue weighted by Gasteiger charge is -2.20. The Kier molecular flexibility index (Phi) is 2.97. The van der Waals surface area contributed by atoms with Crippen molar-refractivity contribution in [3.05, 3.63) is 35.5 Å². The van der Waals surface area contributed by atoms with Gasteiger partial charge < -0.3 is 5.32 Å². The van der Waals surface area contributed by atoms with Crippen molar-refractivity contribution in [2.24, 2.45) is 0 Å². The lowest BCUT2D eigenvalue weighted by atomic mass is 9.90. The van der Waals surface area contributed by atoms with Gasteiger partial charge in [0.05, 0.1) is 5.52 Å². The maximum absolute atomic E-state index is 13.3. The van der Waals surface area contributed by atoms with Crippen molar-refractivity contribution in [3.8, 4) is 0 Å². The second-order valence-electron chi connectivity index (χ2n) is 5.34. The molecule has 0 aliphatic heterocycles. The van der Waals surface area contributed by atoms with Crippen LogP contribution in [0.1, 0.15) is 26.5 Å². The zero-order valence-electron chi connectivity index (χ0n) is 10.9. The van der Waals surface area contributed by atoms with E-state index in [0.717, 1.165) is 17.4 Å². The van der Waals surface area contributed by atoms with Crippen LogP contribution in [0.5, 0.6) is 0 Å². The third-order valence-electron chi connectivity index (χ3n) is 2.89. The van der Waals surface area contributed by atoms with Crippen LogP contribution in [0.25, 0.3) is 10.9 Å². The Morgan fingerprint density at radius 2 is 1.67 bits per heavy atom. The van der Waals surface area contributed by atoms with E-state index in [4.69, 9.17) is 0 Å². The second-order valence-corrected chi connectivity index (χ2v) is 5.34. The van der Waals surface area contributed by atoms with Crippen LogP contribution in [0.4, 0.5) is 14.5 Å². The molecule has 0 atom stereocenters. The molecule has 0 aliphatic carbocycles. The molecular weight excluding hydrogens is 234 g/mol. The number of anilines is 1. The zero-order chi connectivity index (χ0) is 13.5. The Morgan fingerprint density at radius 3 is 2.22 bits per heavy atom. The van der Waals surface area contributed by atoms with Gasteiger partial charge in [0, 0.05) is 35.3 Å². The van der Waals surface area contributed by atoms with Crippen molar-refractivity contribution >= 4 is 16.6 Å². The van der Waals surface area contributed by atoms with Crippen LogP contribution in [-0.2, 0) is 5.41 Å². The molecule has 2 rings (SSSR count). The first kappa shape index (κ1) is 12.7. The predicted octanol–water partition coefficient (Wildman–Crippen LogP) is 3.85. The first-order valence-corrected chi connectivity index (χ1v) is 5.81. The van der Waals surface area contributed by atoms with Crippen LogP contribution < -0.4 is 5.32 Å². The molecule has 0 spiro atoms. The van der Waals surface area contributed by atoms with Gasteiger partial charge in [-0.25, -0.2) is 8.78 Å². The van der Waals surface area contributed by atoms with E-state index in [1.54, 1.807) is 7.05 Å². The van der Waals surface area contributed by atoms with Crippen molar-refractivity contribution < 1.29 is 8.78 Å². The van der Waals surface area contributed by atoms with Gasteiger partial charge in [0.2, 0.25) is 0 Å². The summed E-state index contributed by atoms with van der Waals surface area (Å²) in [7, 11) is 1.75. The molecule has 2 aromatic rings. The molecule has 0 bridgehead atoms. The molecule has 0 saturated heterocycles. The molecule has 96 valence electrons. The van der Waals surface area contributed by atoms with Gasteiger partial charge in [-0.2, -0.15) is 0 Å². The molecule has 0 radical (unpaired) electrons. The third kappa shape index (κ3) is 2.15. The average molecular weight is 250 g/mol. The van der Waals surface area contributed by atoms with Gasteiger partial charge >= 0.3 is 0 Å². The maximum Gasteiger partial charge on any atom is 0.161 e. The average Bonchev–Trinajstić information content (AvgIpc) is 2.28. The molecule has 2 nitrogen and oxygen atoms in total. The fourth-order valence-electron chi connectivity index (χ4n) is 1.81. The highest BCUT2D eigenvalue weighted by Gasteiger charge is 2.18. The number of fused-ring (bicyclic) bond motifs is 1. The van der Waals surface area contributed by atoms with E-state index in [1.807, 2.05) is 26.8 Å². The smallest absolute Gasteiger partial charge is 0.161 e. The van der Waals surface area contributed by atoms with Gasteiger partial charge in [-0.1, -0.05) is 20.8 Å². The van der Waals surface area contributed by atoms with Crippen LogP contribution in [0.2, 0.25) is 0 Å². The Hall–Kier alpha value is -1.71. The van der Waals surface area contributed by atoms with Crippen LogP contribution in [0, 0.1) is 11.6 Å². The minimum Gasteiger partial charge on any atom is -0.388 e. The fraction of sp³-hybridized carbons (Fsp3) is 0.357. The van der Waals surface area contributed by atoms with E-state index in [-0.39, 0.29) is 5.41 Å². The second kappa shape index (κ2) is 4.19. The number of nitrogens with one attached hydrogen (secondary N) is 1. The number of nitrogens with zero attached hydrogens (tertiary/aromatic N) is 1. The highest BCUT2D eigenvalue weighted by molar-refractivity contribution is 5.91. The zero-order valence-corrected chi connectivity index (χ0v) is 10.9. The molecule has 0 aliphatic rings. The Morgan fingerprint density at radius 1 is 1.06 bits per heavy atom. The number of hydrogen-bond acceptors (Lipinski definition) is 2. The van der Waals surface area contributed by atoms with Gasteiger partial charge in [-0.15, -0.1) is 0 Å². The summed E-state index contributed by atoms with van der Waals surface area (Å²) in [6.07, 6.45) is 0. The molecule has 1 heterocycles. The SMILES string of the molecule is CNc1cc(C(C)(C)C)nc2cc(F)c(F)cc12. The van der Waals surface area contributed by atoms with E-state index >= 15 is 0 Å². The number of hydrogen-bond donors (Lipinski definition) is 1. The molecule has 1 aromatic heterocycles. The topological polar surface area (TPSA) is 24.9 Å². The summed E-state index contributed by atoms with van der Waals surface area (Å²) in [6, 6.07) is 4.19. The monoisotopic (exact) mass is 250 g/mol. The van der Waals surface area contributed by atoms with Gasteiger partial charge in [-0.3, -0.25) is 4.98 Å². The largest absolute Gasteiger partial charge is 0.388 e. The van der Waals surface area contributed by atoms with Crippen molar-refractivity contribution in [2.45, 2.75) is 26.2 Å². The summed E-state index contributed by atoms with van der Waals surface area (Å²) in [5, 5.41) is 3.59. The van der Waals surface area contributed by atoms with Gasteiger partial charge in [-0.05, 0) is 12.1 Å². The Bertz CT molecular complexity index is 601. The van der Waals surface area contributed by atoms with E-state index < -0.39 is 11.6 Å². The van der Waals surface area contributed by atoms with Gasteiger partial charge in [0.15, 0.2) is 11.6 Å². The van der Waals surface area contributed by atoms with E-state index in [2.05, 4.69) is 10.3 Å². The van der Waals surface area contributed by atoms with Crippen molar-refractivity contribution in [1.29, 1.82) is 0 Å². The summed E-state index contributed by atoms with van der Waals surface area (Å²) in [4.78, 5) is 4.41. The quantitative estimate of drug-likeness (QED) is 0.831. The standard InChI is InChI=1S/C14H16F2N2/c1-14(2,3)13-7-11(17-4)8-5-9(15)10(16)6-12(8)18-13/h5-7H,1-4H3,(H,17,18). The predicted molar refractivity (Wildman–Crippen MR) is 69.9 cm³/mol. The minimum atomic E-state index is -0.872. The van der Waals surface area contributed by atoms with E-state index in [9.17, 15) is 8.78 Å². The number of pyridine rings is 1. The van der Waals surface area contributed by atoms with Crippen LogP contribution in [0.15, 0.2) is 18.2 Å². The van der Waals surface area contributed by atoms with Crippen LogP contribution >= 0.6 is 0 Å². The fourth-order valence-corrected chi connectivity index (χ4v) is 1.81. The highest BCUT2D eigenvalue weighted by atomic mass is 19.2. The van der Waals surface area contributed by atoms with Crippen molar-refractivity contribution in [1.82, 2.24) is 4.98 Å². The van der Waals surface area contributed by atoms with E-state index in [0.29, 0.717) is 10.9 Å². The lowest BCUT2D eigenvalue weighted by molar-refractivity contribution is 0.510. The number of halogens is 2. The van der Waals surface area contributed by atoms with Gasteiger partial charge in [0.25, 0.3) is 0 Å². The summed E-state index contributed by atoms with van der Waals surface area (Å²) in [5.41, 5.74) is 1.91. The number of rotatable bonds is 1. The maximum atomic E-state index is 13.3. The molecule has 18 heavy (non-hydrogen) atoms. The molecule has 1 aromatic carbocycles. The van der Waals surface area contributed by atoms with Crippen LogP contribution in [0.3, 0.4) is 0 Å². The summed E-state index contributed by atoms with van der Waals surface area (Å²) >= 11 is 0. The molecule has 4 heteroatoms. The first-order chi connectivity index (χ1) is 8.32. The lowest BCUT2D eigenvalue weighted by Crippen LogP contribution is -2.14. The van der Waals surface area contributed by atoms with Crippen molar-refractivity contribution in [3.63, 3.8) is 0 Å². The minimum absolute atomic E-state index is 0.148. The normalized spacial score (nSPS) is 11.9. The Balaban J connectivity index is 2.80. The molecule has 1 N–H and O–H groups in total. The number of aromatic nitrogens is 1. The highest BCUT2D eigenvalue weighted by Crippen LogP contribution is 2.30.